The molecule has 3 aliphatic rings. The molecule has 160 valence electrons. The van der Waals surface area contributed by atoms with E-state index in [0.29, 0.717) is 23.7 Å². The van der Waals surface area contributed by atoms with Crippen LogP contribution in [-0.2, 0) is 15.9 Å². The van der Waals surface area contributed by atoms with E-state index in [4.69, 9.17) is 14.2 Å². The monoisotopic (exact) mass is 399 g/mol. The van der Waals surface area contributed by atoms with Gasteiger partial charge in [0.25, 0.3) is 0 Å². The second kappa shape index (κ2) is 8.69. The number of rotatable bonds is 5. The lowest BCUT2D eigenvalue weighted by Crippen LogP contribution is -2.54. The Morgan fingerprint density at radius 2 is 1.76 bits per heavy atom. The maximum Gasteiger partial charge on any atom is 0.205 e. The van der Waals surface area contributed by atoms with Crippen molar-refractivity contribution in [2.45, 2.75) is 71.6 Å². The maximum atomic E-state index is 6.49. The van der Waals surface area contributed by atoms with Gasteiger partial charge in [0.1, 0.15) is 5.75 Å². The molecule has 0 amide bonds. The van der Waals surface area contributed by atoms with E-state index in [1.807, 2.05) is 19.2 Å². The van der Waals surface area contributed by atoms with E-state index in [1.165, 1.54) is 24.8 Å². The molecule has 0 bridgehead atoms. The summed E-state index contributed by atoms with van der Waals surface area (Å²) < 4.78 is 19.2. The normalized spacial score (nSPS) is 39.2. The Labute approximate surface area is 176 Å². The summed E-state index contributed by atoms with van der Waals surface area (Å²) in [5.41, 5.74) is 2.23. The molecule has 1 aromatic rings. The van der Waals surface area contributed by atoms with Gasteiger partial charge in [0, 0.05) is 31.0 Å². The molecule has 0 spiro atoms. The highest BCUT2D eigenvalue weighted by atomic mass is 16.8. The highest BCUT2D eigenvalue weighted by molar-refractivity contribution is 5.29. The van der Waals surface area contributed by atoms with Gasteiger partial charge in [0.2, 0.25) is 6.29 Å². The average Bonchev–Trinajstić information content (AvgIpc) is 2.88. The number of nitrogens with one attached hydrogen (secondary N) is 1. The van der Waals surface area contributed by atoms with Crippen molar-refractivity contribution in [2.75, 3.05) is 7.05 Å². The first-order valence-corrected chi connectivity index (χ1v) is 11.4. The number of hydrogen-bond donors (Lipinski definition) is 1. The fraction of sp³-hybridized carbons (Fsp3) is 0.680. The Hall–Kier alpha value is -1.52. The SMILES string of the molecule is C=C(Cc1ccc(O[C@H]2O[C@@H]3OC(C)CC[C@@H]4C3[C@@H](CC[C@H]4C)[C@H]2C)cc1)NC. The Kier molecular flexibility index (Phi) is 6.21. The molecule has 2 aliphatic heterocycles. The highest BCUT2D eigenvalue weighted by Gasteiger charge is 2.52. The molecule has 2 saturated heterocycles. The first kappa shape index (κ1) is 20.7. The summed E-state index contributed by atoms with van der Waals surface area (Å²) in [5.74, 6) is 3.83. The lowest BCUT2D eigenvalue weighted by atomic mass is 9.61. The quantitative estimate of drug-likeness (QED) is 0.744. The summed E-state index contributed by atoms with van der Waals surface area (Å²) in [7, 11) is 1.90. The number of benzene rings is 1. The van der Waals surface area contributed by atoms with Crippen LogP contribution in [0.25, 0.3) is 0 Å². The van der Waals surface area contributed by atoms with Crippen LogP contribution < -0.4 is 10.1 Å². The summed E-state index contributed by atoms with van der Waals surface area (Å²) in [6.07, 6.45) is 5.67. The highest BCUT2D eigenvalue weighted by Crippen LogP contribution is 2.52. The first-order valence-electron chi connectivity index (χ1n) is 11.4. The molecule has 1 aliphatic carbocycles. The van der Waals surface area contributed by atoms with Crippen LogP contribution in [0.4, 0.5) is 0 Å². The van der Waals surface area contributed by atoms with Gasteiger partial charge in [-0.15, -0.1) is 0 Å². The van der Waals surface area contributed by atoms with Crippen LogP contribution in [0, 0.1) is 29.6 Å². The topological polar surface area (TPSA) is 39.7 Å². The van der Waals surface area contributed by atoms with Crippen LogP contribution in [0.2, 0.25) is 0 Å². The van der Waals surface area contributed by atoms with E-state index in [1.54, 1.807) is 0 Å². The number of ether oxygens (including phenoxy) is 3. The standard InChI is InChI=1S/C25H37NO3/c1-15-6-12-22-18(4)24(29-25-23(22)21(15)13-7-17(3)27-25)28-20-10-8-19(9-11-20)14-16(2)26-5/h8-11,15,17-18,21-26H,2,6-7,12-14H2,1,3-5H3/t15-,17?,18-,21+,22+,23?,24+,25+/m1/s1. The van der Waals surface area contributed by atoms with Crippen LogP contribution in [0.15, 0.2) is 36.5 Å². The second-order valence-corrected chi connectivity index (χ2v) is 9.51. The molecule has 1 aromatic carbocycles. The zero-order valence-corrected chi connectivity index (χ0v) is 18.4. The van der Waals surface area contributed by atoms with Gasteiger partial charge < -0.3 is 19.5 Å². The number of likely N-dealkylation sites (N-methyl/N-ethyl adjacent to an activating group) is 1. The van der Waals surface area contributed by atoms with Crippen molar-refractivity contribution in [1.29, 1.82) is 0 Å². The molecule has 1 N–H and O–H groups in total. The molecule has 0 radical (unpaired) electrons. The van der Waals surface area contributed by atoms with Gasteiger partial charge in [-0.05, 0) is 61.6 Å². The predicted octanol–water partition coefficient (Wildman–Crippen LogP) is 5.14. The number of hydrogen-bond acceptors (Lipinski definition) is 4. The van der Waals surface area contributed by atoms with Crippen molar-refractivity contribution in [3.8, 4) is 5.75 Å². The van der Waals surface area contributed by atoms with Crippen LogP contribution in [0.5, 0.6) is 5.75 Å². The lowest BCUT2D eigenvalue weighted by Gasteiger charge is -2.51. The number of allylic oxidation sites excluding steroid dienone is 1. The molecule has 3 fully saturated rings. The summed E-state index contributed by atoms with van der Waals surface area (Å²) in [5, 5.41) is 3.10. The van der Waals surface area contributed by atoms with Crippen LogP contribution in [-0.4, -0.2) is 25.7 Å². The van der Waals surface area contributed by atoms with E-state index in [0.717, 1.165) is 30.2 Å². The molecule has 0 aromatic heterocycles. The van der Waals surface area contributed by atoms with Gasteiger partial charge in [-0.2, -0.15) is 0 Å². The molecule has 4 rings (SSSR count). The summed E-state index contributed by atoms with van der Waals surface area (Å²) in [6, 6.07) is 8.30. The zero-order chi connectivity index (χ0) is 20.5. The maximum absolute atomic E-state index is 6.49. The minimum atomic E-state index is -0.251. The molecule has 29 heavy (non-hydrogen) atoms. The molecular weight excluding hydrogens is 362 g/mol. The van der Waals surface area contributed by atoms with Crippen LogP contribution >= 0.6 is 0 Å². The molecule has 8 atom stereocenters. The van der Waals surface area contributed by atoms with Crippen LogP contribution in [0.3, 0.4) is 0 Å². The van der Waals surface area contributed by atoms with Crippen LogP contribution in [0.1, 0.15) is 52.0 Å². The Bertz CT molecular complexity index is 703. The van der Waals surface area contributed by atoms with Gasteiger partial charge in [-0.3, -0.25) is 0 Å². The summed E-state index contributed by atoms with van der Waals surface area (Å²) in [4.78, 5) is 0. The Balaban J connectivity index is 1.48. The Morgan fingerprint density at radius 3 is 2.48 bits per heavy atom. The van der Waals surface area contributed by atoms with Crippen molar-refractivity contribution < 1.29 is 14.2 Å². The average molecular weight is 400 g/mol. The third-order valence-corrected chi connectivity index (χ3v) is 7.58. The Morgan fingerprint density at radius 1 is 1.03 bits per heavy atom. The van der Waals surface area contributed by atoms with E-state index in [9.17, 15) is 0 Å². The lowest BCUT2D eigenvalue weighted by molar-refractivity contribution is -0.315. The summed E-state index contributed by atoms with van der Waals surface area (Å²) in [6.45, 7) is 10.9. The van der Waals surface area contributed by atoms with E-state index in [2.05, 4.69) is 44.8 Å². The van der Waals surface area contributed by atoms with Gasteiger partial charge in [-0.25, -0.2) is 0 Å². The smallest absolute Gasteiger partial charge is 0.205 e. The fourth-order valence-electron chi connectivity index (χ4n) is 5.74. The summed E-state index contributed by atoms with van der Waals surface area (Å²) >= 11 is 0. The molecule has 4 heteroatoms. The third kappa shape index (κ3) is 4.34. The van der Waals surface area contributed by atoms with Gasteiger partial charge in [-0.1, -0.05) is 39.0 Å². The molecular formula is C25H37NO3. The molecule has 4 nitrogen and oxygen atoms in total. The van der Waals surface area contributed by atoms with Crippen molar-refractivity contribution in [1.82, 2.24) is 5.32 Å². The first-order chi connectivity index (χ1) is 14.0. The van der Waals surface area contributed by atoms with Crippen molar-refractivity contribution in [3.63, 3.8) is 0 Å². The van der Waals surface area contributed by atoms with Gasteiger partial charge >= 0.3 is 0 Å². The fourth-order valence-corrected chi connectivity index (χ4v) is 5.74. The molecule has 1 saturated carbocycles. The van der Waals surface area contributed by atoms with E-state index >= 15 is 0 Å². The zero-order valence-electron chi connectivity index (χ0n) is 18.4. The minimum absolute atomic E-state index is 0.135. The molecule has 2 unspecified atom stereocenters. The van der Waals surface area contributed by atoms with Crippen molar-refractivity contribution >= 4 is 0 Å². The van der Waals surface area contributed by atoms with E-state index in [-0.39, 0.29) is 18.7 Å². The largest absolute Gasteiger partial charge is 0.465 e. The van der Waals surface area contributed by atoms with Gasteiger partial charge in [0.15, 0.2) is 6.29 Å². The van der Waals surface area contributed by atoms with E-state index < -0.39 is 0 Å². The second-order valence-electron chi connectivity index (χ2n) is 9.51. The van der Waals surface area contributed by atoms with Crippen molar-refractivity contribution in [3.05, 3.63) is 42.1 Å². The minimum Gasteiger partial charge on any atom is -0.465 e. The third-order valence-electron chi connectivity index (χ3n) is 7.58. The van der Waals surface area contributed by atoms with Gasteiger partial charge in [0.05, 0.1) is 6.10 Å². The van der Waals surface area contributed by atoms with Crippen molar-refractivity contribution in [2.24, 2.45) is 29.6 Å². The molecule has 2 heterocycles. The predicted molar refractivity (Wildman–Crippen MR) is 115 cm³/mol.